The molecule has 8 aromatic rings. The minimum atomic E-state index is -3.63. The van der Waals surface area contributed by atoms with Crippen LogP contribution in [0, 0.1) is 0 Å². The number of imidazole rings is 1. The third kappa shape index (κ3) is 6.55. The first-order valence-corrected chi connectivity index (χ1v) is 21.1. The molecule has 0 bridgehead atoms. The molecule has 1 saturated heterocycles. The molecule has 1 aliphatic rings. The quantitative estimate of drug-likeness (QED) is 0.0813. The standard InChI is InChI=1S/C52H48FN5O8/c1-62-39-23-15-35(16-24-39)49(33-11-7-5-8-12-33,36-17-25-40(63-2)26-18-36)52(61,45-44(59)51(53,60)48(66-45)58-32-57-43-46(54)55-31-56-47(43)58)50(34-13-9-6-10-14-34,37-19-27-41(64-3)28-20-37)38-21-29-42(65-4)30-22-38/h5-32,44-45,48,59-61H,1-4H3,(H2,54,55,56)/t44-,45+,48-,51-/m1/s1. The third-order valence-electron chi connectivity index (χ3n) is 13.0. The Kier molecular flexibility index (Phi) is 11.4. The molecule has 6 aromatic carbocycles. The van der Waals surface area contributed by atoms with Crippen LogP contribution < -0.4 is 24.7 Å². The zero-order valence-corrected chi connectivity index (χ0v) is 36.5. The molecule has 0 amide bonds. The van der Waals surface area contributed by atoms with Gasteiger partial charge in [0.15, 0.2) is 17.7 Å². The van der Waals surface area contributed by atoms with Gasteiger partial charge in [-0.25, -0.2) is 19.3 Å². The van der Waals surface area contributed by atoms with Crippen LogP contribution in [0.2, 0.25) is 0 Å². The normalized spacial score (nSPS) is 18.8. The molecule has 336 valence electrons. The molecule has 2 aromatic heterocycles. The number of alkyl halides is 1. The van der Waals surface area contributed by atoms with Crippen molar-refractivity contribution in [2.45, 2.75) is 40.7 Å². The largest absolute Gasteiger partial charge is 0.497 e. The van der Waals surface area contributed by atoms with Gasteiger partial charge in [-0.3, -0.25) is 4.57 Å². The number of halogens is 1. The Morgan fingerprint density at radius 1 is 0.576 bits per heavy atom. The topological polar surface area (TPSA) is 176 Å². The summed E-state index contributed by atoms with van der Waals surface area (Å²) in [5.74, 6) is -1.57. The number of rotatable bonds is 14. The Bertz CT molecular complexity index is 2680. The monoisotopic (exact) mass is 889 g/mol. The molecular weight excluding hydrogens is 842 g/mol. The molecule has 3 heterocycles. The molecule has 1 fully saturated rings. The second-order valence-corrected chi connectivity index (χ2v) is 16.1. The van der Waals surface area contributed by atoms with E-state index in [-0.39, 0.29) is 17.0 Å². The van der Waals surface area contributed by atoms with E-state index in [0.29, 0.717) is 56.4 Å². The second kappa shape index (κ2) is 17.2. The van der Waals surface area contributed by atoms with Gasteiger partial charge in [-0.1, -0.05) is 109 Å². The number of hydrogen-bond acceptors (Lipinski definition) is 12. The summed E-state index contributed by atoms with van der Waals surface area (Å²) in [4.78, 5) is 12.7. The molecular formula is C52H48FN5O8. The van der Waals surface area contributed by atoms with Crippen LogP contribution in [0.25, 0.3) is 11.2 Å². The first kappa shape index (κ1) is 43.9. The summed E-state index contributed by atoms with van der Waals surface area (Å²) in [5, 5.41) is 41.2. The van der Waals surface area contributed by atoms with E-state index in [0.717, 1.165) is 4.57 Å². The maximum atomic E-state index is 18.1. The number of aliphatic hydroxyl groups is 3. The van der Waals surface area contributed by atoms with Crippen LogP contribution >= 0.6 is 0 Å². The average Bonchev–Trinajstić information content (AvgIpc) is 3.90. The van der Waals surface area contributed by atoms with Crippen molar-refractivity contribution in [1.82, 2.24) is 19.5 Å². The summed E-state index contributed by atoms with van der Waals surface area (Å²) < 4.78 is 49.0. The number of ether oxygens (including phenoxy) is 5. The predicted molar refractivity (Wildman–Crippen MR) is 245 cm³/mol. The summed E-state index contributed by atoms with van der Waals surface area (Å²) in [6, 6.07) is 47.2. The van der Waals surface area contributed by atoms with Crippen molar-refractivity contribution in [3.8, 4) is 23.0 Å². The molecule has 0 spiro atoms. The lowest BCUT2D eigenvalue weighted by Crippen LogP contribution is -2.73. The van der Waals surface area contributed by atoms with Crippen molar-refractivity contribution in [3.63, 3.8) is 0 Å². The van der Waals surface area contributed by atoms with Gasteiger partial charge in [-0.15, -0.1) is 0 Å². The fraction of sp³-hybridized carbons (Fsp3) is 0.212. The number of hydrogen-bond donors (Lipinski definition) is 4. The van der Waals surface area contributed by atoms with E-state index in [9.17, 15) is 10.2 Å². The highest BCUT2D eigenvalue weighted by Gasteiger charge is 2.76. The Morgan fingerprint density at radius 2 is 0.939 bits per heavy atom. The minimum Gasteiger partial charge on any atom is -0.497 e. The molecule has 0 radical (unpaired) electrons. The first-order valence-electron chi connectivity index (χ1n) is 21.1. The molecule has 1 aliphatic heterocycles. The van der Waals surface area contributed by atoms with Crippen molar-refractivity contribution in [3.05, 3.63) is 204 Å². The molecule has 0 saturated carbocycles. The Balaban J connectivity index is 1.53. The Morgan fingerprint density at radius 3 is 1.30 bits per heavy atom. The Labute approximate surface area is 380 Å². The lowest BCUT2D eigenvalue weighted by atomic mass is 9.44. The SMILES string of the molecule is COc1ccc(C(c2ccccc2)(c2ccc(OC)cc2)C(O)([C@H]2O[C@@H](n3cnc4c(N)ncnc43)[C@@](O)(F)[C@@H]2O)C(c2ccccc2)(c2ccc(OC)cc2)c2ccc(OC)cc2)cc1. The second-order valence-electron chi connectivity index (χ2n) is 16.1. The van der Waals surface area contributed by atoms with Crippen molar-refractivity contribution < 1.29 is 43.4 Å². The molecule has 66 heavy (non-hydrogen) atoms. The van der Waals surface area contributed by atoms with Crippen molar-refractivity contribution in [2.24, 2.45) is 0 Å². The number of nitrogens with two attached hydrogens (primary N) is 1. The van der Waals surface area contributed by atoms with Gasteiger partial charge >= 0.3 is 0 Å². The highest BCUT2D eigenvalue weighted by molar-refractivity contribution is 5.81. The van der Waals surface area contributed by atoms with Gasteiger partial charge in [-0.2, -0.15) is 0 Å². The number of nitrogen functional groups attached to an aromatic ring is 1. The van der Waals surface area contributed by atoms with Crippen molar-refractivity contribution in [2.75, 3.05) is 34.2 Å². The van der Waals surface area contributed by atoms with Crippen LogP contribution in [-0.4, -0.2) is 86.9 Å². The van der Waals surface area contributed by atoms with Crippen molar-refractivity contribution >= 4 is 17.0 Å². The van der Waals surface area contributed by atoms with Crippen LogP contribution in [0.4, 0.5) is 10.2 Å². The van der Waals surface area contributed by atoms with Crippen LogP contribution in [0.15, 0.2) is 170 Å². The van der Waals surface area contributed by atoms with E-state index in [1.165, 1.54) is 12.7 Å². The molecule has 4 atom stereocenters. The molecule has 0 unspecified atom stereocenters. The lowest BCUT2D eigenvalue weighted by Gasteiger charge is -2.61. The van der Waals surface area contributed by atoms with Crippen molar-refractivity contribution in [1.29, 1.82) is 0 Å². The van der Waals surface area contributed by atoms with Gasteiger partial charge in [0, 0.05) is 0 Å². The summed E-state index contributed by atoms with van der Waals surface area (Å²) in [5.41, 5.74) is 2.63. The number of methoxy groups -OCH3 is 4. The number of anilines is 1. The molecule has 0 aliphatic carbocycles. The van der Waals surface area contributed by atoms with Crippen LogP contribution in [0.1, 0.15) is 39.6 Å². The van der Waals surface area contributed by atoms with Gasteiger partial charge in [-0.05, 0) is 81.9 Å². The summed E-state index contributed by atoms with van der Waals surface area (Å²) in [6.45, 7) is 0. The maximum Gasteiger partial charge on any atom is 0.281 e. The molecule has 14 heteroatoms. The summed E-state index contributed by atoms with van der Waals surface area (Å²) in [7, 11) is 6.21. The highest BCUT2D eigenvalue weighted by atomic mass is 19.2. The lowest BCUT2D eigenvalue weighted by molar-refractivity contribution is -0.195. The third-order valence-corrected chi connectivity index (χ3v) is 13.0. The van der Waals surface area contributed by atoms with Gasteiger partial charge < -0.3 is 44.7 Å². The molecule has 9 rings (SSSR count). The van der Waals surface area contributed by atoms with Gasteiger partial charge in [0.2, 0.25) is 0 Å². The number of aromatic nitrogens is 4. The van der Waals surface area contributed by atoms with E-state index in [4.69, 9.17) is 29.4 Å². The van der Waals surface area contributed by atoms with E-state index in [1.54, 1.807) is 77.0 Å². The molecule has 13 nitrogen and oxygen atoms in total. The fourth-order valence-electron chi connectivity index (χ4n) is 10.1. The predicted octanol–water partition coefficient (Wildman–Crippen LogP) is 7.16. The first-order chi connectivity index (χ1) is 32.0. The molecule has 5 N–H and O–H groups in total. The van der Waals surface area contributed by atoms with Gasteiger partial charge in [0.1, 0.15) is 52.7 Å². The zero-order chi connectivity index (χ0) is 46.3. The van der Waals surface area contributed by atoms with Crippen LogP contribution in [-0.2, 0) is 15.6 Å². The highest BCUT2D eigenvalue weighted by Crippen LogP contribution is 2.65. The van der Waals surface area contributed by atoms with Gasteiger partial charge in [0.25, 0.3) is 5.85 Å². The maximum absolute atomic E-state index is 18.1. The van der Waals surface area contributed by atoms with Crippen LogP contribution in [0.3, 0.4) is 0 Å². The number of fused-ring (bicyclic) bond motifs is 1. The summed E-state index contributed by atoms with van der Waals surface area (Å²) >= 11 is 0. The van der Waals surface area contributed by atoms with E-state index >= 15 is 9.50 Å². The number of benzene rings is 6. The van der Waals surface area contributed by atoms with E-state index in [2.05, 4.69) is 15.0 Å². The van der Waals surface area contributed by atoms with Crippen LogP contribution in [0.5, 0.6) is 23.0 Å². The smallest absolute Gasteiger partial charge is 0.281 e. The average molecular weight is 890 g/mol. The minimum absolute atomic E-state index is 0.00281. The zero-order valence-electron chi connectivity index (χ0n) is 36.5. The van der Waals surface area contributed by atoms with E-state index < -0.39 is 40.7 Å². The fourth-order valence-corrected chi connectivity index (χ4v) is 10.1. The summed E-state index contributed by atoms with van der Waals surface area (Å²) in [6.07, 6.45) is -4.25. The number of nitrogens with zero attached hydrogens (tertiary/aromatic N) is 4. The van der Waals surface area contributed by atoms with Gasteiger partial charge in [0.05, 0.1) is 45.6 Å². The Hall–Kier alpha value is -7.36. The van der Waals surface area contributed by atoms with E-state index in [1.807, 2.05) is 109 Å². The number of aliphatic hydroxyl groups excluding tert-OH is 1.